The van der Waals surface area contributed by atoms with E-state index in [0.29, 0.717) is 11.0 Å². The van der Waals surface area contributed by atoms with Gasteiger partial charge in [-0.15, -0.1) is 0 Å². The number of hydrogen-bond donors (Lipinski definition) is 3. The van der Waals surface area contributed by atoms with Crippen LogP contribution in [0, 0.1) is 0 Å². The maximum absolute atomic E-state index is 12.4. The van der Waals surface area contributed by atoms with E-state index in [2.05, 4.69) is 36.3 Å². The highest BCUT2D eigenvalue weighted by molar-refractivity contribution is 9.10. The summed E-state index contributed by atoms with van der Waals surface area (Å²) in [7, 11) is -3.66. The summed E-state index contributed by atoms with van der Waals surface area (Å²) in [4.78, 5) is 28.3. The summed E-state index contributed by atoms with van der Waals surface area (Å²) in [5.41, 5.74) is 1.13. The van der Waals surface area contributed by atoms with Gasteiger partial charge in [0.1, 0.15) is 0 Å². The van der Waals surface area contributed by atoms with E-state index in [1.54, 1.807) is 24.5 Å². The fourth-order valence-corrected chi connectivity index (χ4v) is 4.27. The molecular weight excluding hydrogens is 460 g/mol. The van der Waals surface area contributed by atoms with Gasteiger partial charge in [-0.1, -0.05) is 0 Å². The Labute approximate surface area is 177 Å². The number of nitrogens with one attached hydrogen (secondary N) is 3. The lowest BCUT2D eigenvalue weighted by atomic mass is 10.2. The minimum atomic E-state index is -3.66. The zero-order chi connectivity index (χ0) is 20.9. The van der Waals surface area contributed by atoms with Crippen molar-refractivity contribution < 1.29 is 18.0 Å². The van der Waals surface area contributed by atoms with Crippen LogP contribution < -0.4 is 15.4 Å². The summed E-state index contributed by atoms with van der Waals surface area (Å²) in [6, 6.07) is 7.88. The van der Waals surface area contributed by atoms with E-state index >= 15 is 0 Å². The third-order valence-corrected chi connectivity index (χ3v) is 6.48. The van der Waals surface area contributed by atoms with E-state index < -0.39 is 15.9 Å². The summed E-state index contributed by atoms with van der Waals surface area (Å²) in [6.07, 6.45) is 5.05. The molecule has 0 radical (unpaired) electrons. The Balaban J connectivity index is 1.52. The molecule has 0 unspecified atom stereocenters. The molecule has 0 spiro atoms. The molecule has 1 saturated carbocycles. The Morgan fingerprint density at radius 3 is 2.52 bits per heavy atom. The van der Waals surface area contributed by atoms with Gasteiger partial charge < -0.3 is 10.6 Å². The average Bonchev–Trinajstić information content (AvgIpc) is 3.50. The number of nitrogens with zero attached hydrogens (tertiary/aromatic N) is 1. The number of hydrogen-bond acceptors (Lipinski definition) is 5. The molecule has 0 aliphatic heterocycles. The normalized spacial score (nSPS) is 13.7. The van der Waals surface area contributed by atoms with Crippen LogP contribution in [-0.2, 0) is 21.4 Å². The molecule has 0 bridgehead atoms. The Hall–Kier alpha value is -2.30. The van der Waals surface area contributed by atoms with Crippen molar-refractivity contribution in [2.45, 2.75) is 36.7 Å². The predicted molar refractivity (Wildman–Crippen MR) is 111 cm³/mol. The van der Waals surface area contributed by atoms with Crippen molar-refractivity contribution >= 4 is 37.8 Å². The van der Waals surface area contributed by atoms with Gasteiger partial charge in [0.2, 0.25) is 15.9 Å². The minimum absolute atomic E-state index is 0.0217. The van der Waals surface area contributed by atoms with E-state index in [9.17, 15) is 18.0 Å². The van der Waals surface area contributed by atoms with Crippen LogP contribution in [0.25, 0.3) is 0 Å². The maximum Gasteiger partial charge on any atom is 0.252 e. The van der Waals surface area contributed by atoms with Crippen LogP contribution >= 0.6 is 15.9 Å². The first-order valence-electron chi connectivity index (χ1n) is 9.11. The van der Waals surface area contributed by atoms with Crippen molar-refractivity contribution in [3.05, 3.63) is 58.3 Å². The van der Waals surface area contributed by atoms with Crippen LogP contribution in [0.4, 0.5) is 0 Å². The second kappa shape index (κ2) is 9.47. The fraction of sp³-hybridized carbons (Fsp3) is 0.316. The summed E-state index contributed by atoms with van der Waals surface area (Å²) < 4.78 is 27.8. The SMILES string of the molecule is O=C(CCNC(=O)c1cc(S(=O)(=O)NC2CC2)ccc1Br)NCc1ccncc1. The van der Waals surface area contributed by atoms with Crippen molar-refractivity contribution in [3.63, 3.8) is 0 Å². The first-order valence-corrected chi connectivity index (χ1v) is 11.4. The molecule has 2 amide bonds. The molecule has 1 fully saturated rings. The van der Waals surface area contributed by atoms with Crippen LogP contribution in [0.15, 0.2) is 52.1 Å². The van der Waals surface area contributed by atoms with Crippen molar-refractivity contribution in [2.24, 2.45) is 0 Å². The van der Waals surface area contributed by atoms with Crippen molar-refractivity contribution in [1.82, 2.24) is 20.3 Å². The van der Waals surface area contributed by atoms with E-state index in [4.69, 9.17) is 0 Å². The predicted octanol–water partition coefficient (Wildman–Crippen LogP) is 1.72. The zero-order valence-corrected chi connectivity index (χ0v) is 17.9. The zero-order valence-electron chi connectivity index (χ0n) is 15.5. The third-order valence-electron chi connectivity index (χ3n) is 4.27. The molecule has 3 N–H and O–H groups in total. The molecular formula is C19H21BrN4O4S. The lowest BCUT2D eigenvalue weighted by molar-refractivity contribution is -0.121. The number of sulfonamides is 1. The number of carbonyl (C=O) groups is 2. The second-order valence-corrected chi connectivity index (χ2v) is 9.24. The van der Waals surface area contributed by atoms with Gasteiger partial charge in [0, 0.05) is 42.4 Å². The molecule has 1 aliphatic rings. The molecule has 154 valence electrons. The van der Waals surface area contributed by atoms with Crippen LogP contribution in [0.1, 0.15) is 35.2 Å². The van der Waals surface area contributed by atoms with E-state index in [0.717, 1.165) is 18.4 Å². The molecule has 1 heterocycles. The summed E-state index contributed by atoms with van der Waals surface area (Å²) in [5.74, 6) is -0.659. The molecule has 29 heavy (non-hydrogen) atoms. The van der Waals surface area contributed by atoms with Gasteiger partial charge in [0.05, 0.1) is 10.5 Å². The molecule has 10 heteroatoms. The Bertz CT molecular complexity index is 995. The smallest absolute Gasteiger partial charge is 0.252 e. The minimum Gasteiger partial charge on any atom is -0.352 e. The third kappa shape index (κ3) is 6.34. The quantitative estimate of drug-likeness (QED) is 0.504. The molecule has 0 saturated heterocycles. The van der Waals surface area contributed by atoms with E-state index in [1.165, 1.54) is 18.2 Å². The molecule has 1 aromatic heterocycles. The number of rotatable bonds is 9. The first-order chi connectivity index (χ1) is 13.8. The van der Waals surface area contributed by atoms with Gasteiger partial charge >= 0.3 is 0 Å². The molecule has 0 atom stereocenters. The number of benzene rings is 1. The highest BCUT2D eigenvalue weighted by Crippen LogP contribution is 2.25. The summed E-state index contributed by atoms with van der Waals surface area (Å²) in [6.45, 7) is 0.513. The van der Waals surface area contributed by atoms with E-state index in [1.807, 2.05) is 0 Å². The van der Waals surface area contributed by atoms with Crippen LogP contribution in [0.5, 0.6) is 0 Å². The van der Waals surface area contributed by atoms with Gasteiger partial charge in [-0.25, -0.2) is 13.1 Å². The number of halogens is 1. The topological polar surface area (TPSA) is 117 Å². The summed E-state index contributed by atoms with van der Waals surface area (Å²) >= 11 is 3.27. The number of aromatic nitrogens is 1. The fourth-order valence-electron chi connectivity index (χ4n) is 2.51. The Kier molecular flexibility index (Phi) is 6.99. The van der Waals surface area contributed by atoms with Gasteiger partial charge in [-0.2, -0.15) is 0 Å². The lowest BCUT2D eigenvalue weighted by Gasteiger charge is -2.10. The molecule has 1 aromatic carbocycles. The van der Waals surface area contributed by atoms with Gasteiger partial charge in [0.15, 0.2) is 0 Å². The van der Waals surface area contributed by atoms with Crippen molar-refractivity contribution in [3.8, 4) is 0 Å². The Morgan fingerprint density at radius 2 is 1.83 bits per heavy atom. The second-order valence-electron chi connectivity index (χ2n) is 6.68. The highest BCUT2D eigenvalue weighted by atomic mass is 79.9. The summed E-state index contributed by atoms with van der Waals surface area (Å²) in [5, 5.41) is 5.41. The molecule has 1 aliphatic carbocycles. The number of pyridine rings is 1. The van der Waals surface area contributed by atoms with Gasteiger partial charge in [-0.05, 0) is 64.7 Å². The monoisotopic (exact) mass is 480 g/mol. The molecule has 3 rings (SSSR count). The Morgan fingerprint density at radius 1 is 1.10 bits per heavy atom. The molecule has 8 nitrogen and oxygen atoms in total. The van der Waals surface area contributed by atoms with E-state index in [-0.39, 0.29) is 35.4 Å². The van der Waals surface area contributed by atoms with Crippen molar-refractivity contribution in [2.75, 3.05) is 6.54 Å². The van der Waals surface area contributed by atoms with Crippen LogP contribution in [0.2, 0.25) is 0 Å². The highest BCUT2D eigenvalue weighted by Gasteiger charge is 2.28. The average molecular weight is 481 g/mol. The number of amides is 2. The number of carbonyl (C=O) groups excluding carboxylic acids is 2. The maximum atomic E-state index is 12.4. The largest absolute Gasteiger partial charge is 0.352 e. The van der Waals surface area contributed by atoms with Crippen LogP contribution in [0.3, 0.4) is 0 Å². The van der Waals surface area contributed by atoms with Gasteiger partial charge in [0.25, 0.3) is 5.91 Å². The lowest BCUT2D eigenvalue weighted by Crippen LogP contribution is -2.31. The molecule has 2 aromatic rings. The standard InChI is InChI=1S/C19H21BrN4O4S/c20-17-4-3-15(29(27,28)24-14-1-2-14)11-16(17)19(26)22-10-7-18(25)23-12-13-5-8-21-9-6-13/h3-6,8-9,11,14,24H,1-2,7,10,12H2,(H,22,26)(H,23,25). The van der Waals surface area contributed by atoms with Crippen molar-refractivity contribution in [1.29, 1.82) is 0 Å². The van der Waals surface area contributed by atoms with Gasteiger partial charge in [-0.3, -0.25) is 14.6 Å². The first kappa shape index (κ1) is 21.4. The van der Waals surface area contributed by atoms with Crippen LogP contribution in [-0.4, -0.2) is 37.8 Å².